The van der Waals surface area contributed by atoms with Gasteiger partial charge in [0.25, 0.3) is 0 Å². The summed E-state index contributed by atoms with van der Waals surface area (Å²) in [6.45, 7) is 0.661. The van der Waals surface area contributed by atoms with Crippen LogP contribution in [0, 0.1) is 5.92 Å². The number of nitrogens with one attached hydrogen (secondary N) is 1. The number of amides is 1. The van der Waals surface area contributed by atoms with E-state index in [1.807, 2.05) is 18.2 Å². The van der Waals surface area contributed by atoms with Crippen molar-refractivity contribution in [2.75, 3.05) is 6.54 Å². The van der Waals surface area contributed by atoms with E-state index in [0.717, 1.165) is 12.8 Å². The van der Waals surface area contributed by atoms with E-state index in [-0.39, 0.29) is 11.8 Å². The molecule has 2 atom stereocenters. The fourth-order valence-corrected chi connectivity index (χ4v) is 2.30. The molecule has 2 unspecified atom stereocenters. The Hall–Kier alpha value is -1.42. The zero-order valence-corrected chi connectivity index (χ0v) is 11.1. The van der Waals surface area contributed by atoms with Crippen molar-refractivity contribution in [1.82, 2.24) is 5.32 Å². The molecule has 18 heavy (non-hydrogen) atoms. The Morgan fingerprint density at radius 1 is 1.39 bits per heavy atom. The van der Waals surface area contributed by atoms with Crippen LogP contribution >= 0.6 is 12.2 Å². The van der Waals surface area contributed by atoms with Gasteiger partial charge in [0.1, 0.15) is 0 Å². The predicted octanol–water partition coefficient (Wildman–Crippen LogP) is 1.97. The van der Waals surface area contributed by atoms with E-state index in [1.165, 1.54) is 5.56 Å². The van der Waals surface area contributed by atoms with Crippen molar-refractivity contribution in [3.05, 3.63) is 35.9 Å². The second-order valence-electron chi connectivity index (χ2n) is 4.72. The fourth-order valence-electron chi connectivity index (χ4n) is 2.16. The molecule has 0 spiro atoms. The summed E-state index contributed by atoms with van der Waals surface area (Å²) in [6, 6.07) is 10.2. The maximum atomic E-state index is 11.9. The molecule has 1 aromatic carbocycles. The molecule has 4 heteroatoms. The van der Waals surface area contributed by atoms with Crippen molar-refractivity contribution in [2.24, 2.45) is 11.7 Å². The lowest BCUT2D eigenvalue weighted by atomic mass is 10.1. The third-order valence-electron chi connectivity index (χ3n) is 3.25. The van der Waals surface area contributed by atoms with Crippen LogP contribution in [-0.4, -0.2) is 17.4 Å². The highest BCUT2D eigenvalue weighted by Gasteiger charge is 2.43. The lowest BCUT2D eigenvalue weighted by Gasteiger charge is -2.04. The number of thiocarbonyl (C=S) groups is 1. The number of carbonyl (C=O) groups excluding carboxylic acids is 1. The number of carbonyl (C=O) groups is 1. The van der Waals surface area contributed by atoms with Gasteiger partial charge in [0, 0.05) is 12.5 Å². The summed E-state index contributed by atoms with van der Waals surface area (Å²) in [7, 11) is 0. The van der Waals surface area contributed by atoms with E-state index in [9.17, 15) is 4.79 Å². The minimum Gasteiger partial charge on any atom is -0.393 e. The Morgan fingerprint density at radius 2 is 2.11 bits per heavy atom. The maximum absolute atomic E-state index is 11.9. The summed E-state index contributed by atoms with van der Waals surface area (Å²) in [6.07, 6.45) is 2.48. The van der Waals surface area contributed by atoms with E-state index in [0.29, 0.717) is 23.9 Å². The lowest BCUT2D eigenvalue weighted by molar-refractivity contribution is -0.122. The molecular formula is C14H18N2OS. The van der Waals surface area contributed by atoms with E-state index < -0.39 is 0 Å². The minimum absolute atomic E-state index is 0.150. The number of hydrogen-bond donors (Lipinski definition) is 2. The van der Waals surface area contributed by atoms with Crippen LogP contribution in [0.2, 0.25) is 0 Å². The molecule has 0 aromatic heterocycles. The van der Waals surface area contributed by atoms with Crippen LogP contribution < -0.4 is 11.1 Å². The van der Waals surface area contributed by atoms with Gasteiger partial charge < -0.3 is 11.1 Å². The Kier molecular flexibility index (Phi) is 4.31. The molecule has 0 radical (unpaired) electrons. The monoisotopic (exact) mass is 262 g/mol. The van der Waals surface area contributed by atoms with Gasteiger partial charge in [-0.1, -0.05) is 42.5 Å². The standard InChI is InChI=1S/C14H18N2OS/c15-13(18)7-4-8-16-14(17)12-9-11(12)10-5-2-1-3-6-10/h1-3,5-6,11-12H,4,7-9H2,(H2,15,18)(H,16,17). The van der Waals surface area contributed by atoms with Crippen LogP contribution in [0.4, 0.5) is 0 Å². The summed E-state index contributed by atoms with van der Waals surface area (Å²) in [5, 5.41) is 2.95. The van der Waals surface area contributed by atoms with E-state index in [1.54, 1.807) is 0 Å². The van der Waals surface area contributed by atoms with E-state index in [2.05, 4.69) is 17.4 Å². The average Bonchev–Trinajstić information content (AvgIpc) is 3.15. The molecule has 0 aliphatic heterocycles. The number of nitrogens with two attached hydrogens (primary N) is 1. The lowest BCUT2D eigenvalue weighted by Crippen LogP contribution is -2.27. The van der Waals surface area contributed by atoms with Gasteiger partial charge in [-0.25, -0.2) is 0 Å². The topological polar surface area (TPSA) is 55.1 Å². The molecule has 1 saturated carbocycles. The number of hydrogen-bond acceptors (Lipinski definition) is 2. The third-order valence-corrected chi connectivity index (χ3v) is 3.46. The van der Waals surface area contributed by atoms with Crippen molar-refractivity contribution >= 4 is 23.1 Å². The van der Waals surface area contributed by atoms with E-state index in [4.69, 9.17) is 18.0 Å². The highest BCUT2D eigenvalue weighted by Crippen LogP contribution is 2.47. The Balaban J connectivity index is 1.71. The van der Waals surface area contributed by atoms with Crippen LogP contribution in [0.3, 0.4) is 0 Å². The van der Waals surface area contributed by atoms with Gasteiger partial charge in [0.05, 0.1) is 4.99 Å². The molecule has 2 rings (SSSR count). The molecule has 3 N–H and O–H groups in total. The molecule has 0 heterocycles. The highest BCUT2D eigenvalue weighted by atomic mass is 32.1. The molecule has 0 bridgehead atoms. The smallest absolute Gasteiger partial charge is 0.223 e. The molecule has 1 aliphatic rings. The summed E-state index contributed by atoms with van der Waals surface area (Å²) in [5.41, 5.74) is 6.66. The maximum Gasteiger partial charge on any atom is 0.223 e. The molecule has 1 fully saturated rings. The van der Waals surface area contributed by atoms with Crippen LogP contribution in [0.5, 0.6) is 0 Å². The van der Waals surface area contributed by atoms with Gasteiger partial charge in [-0.2, -0.15) is 0 Å². The zero-order valence-electron chi connectivity index (χ0n) is 10.3. The summed E-state index contributed by atoms with van der Waals surface area (Å²) >= 11 is 4.79. The van der Waals surface area contributed by atoms with Gasteiger partial charge in [-0.05, 0) is 30.7 Å². The molecule has 1 aromatic rings. The summed E-state index contributed by atoms with van der Waals surface area (Å²) < 4.78 is 0. The Labute approximate surface area is 113 Å². The third kappa shape index (κ3) is 3.53. The molecule has 96 valence electrons. The summed E-state index contributed by atoms with van der Waals surface area (Å²) in [4.78, 5) is 12.4. The van der Waals surface area contributed by atoms with Gasteiger partial charge in [0.15, 0.2) is 0 Å². The minimum atomic E-state index is 0.150. The highest BCUT2D eigenvalue weighted by molar-refractivity contribution is 7.80. The van der Waals surface area contributed by atoms with Gasteiger partial charge in [-0.3, -0.25) is 4.79 Å². The average molecular weight is 262 g/mol. The fraction of sp³-hybridized carbons (Fsp3) is 0.429. The molecule has 1 amide bonds. The van der Waals surface area contributed by atoms with Crippen molar-refractivity contribution < 1.29 is 4.79 Å². The van der Waals surface area contributed by atoms with Crippen molar-refractivity contribution in [3.63, 3.8) is 0 Å². The SMILES string of the molecule is NC(=S)CCCNC(=O)C1CC1c1ccccc1. The van der Waals surface area contributed by atoms with Crippen LogP contribution in [0.15, 0.2) is 30.3 Å². The Morgan fingerprint density at radius 3 is 2.78 bits per heavy atom. The van der Waals surface area contributed by atoms with E-state index >= 15 is 0 Å². The molecule has 3 nitrogen and oxygen atoms in total. The second-order valence-corrected chi connectivity index (χ2v) is 5.24. The van der Waals surface area contributed by atoms with Crippen LogP contribution in [0.1, 0.15) is 30.7 Å². The first-order valence-corrected chi connectivity index (χ1v) is 6.70. The van der Waals surface area contributed by atoms with Gasteiger partial charge in [-0.15, -0.1) is 0 Å². The van der Waals surface area contributed by atoms with Crippen molar-refractivity contribution in [3.8, 4) is 0 Å². The van der Waals surface area contributed by atoms with Crippen LogP contribution in [-0.2, 0) is 4.79 Å². The first-order valence-electron chi connectivity index (χ1n) is 6.29. The quantitative estimate of drug-likeness (QED) is 0.609. The molecule has 0 saturated heterocycles. The second kappa shape index (κ2) is 5.96. The normalized spacial score (nSPS) is 21.3. The predicted molar refractivity (Wildman–Crippen MR) is 76.3 cm³/mol. The summed E-state index contributed by atoms with van der Waals surface area (Å²) in [5.74, 6) is 0.714. The van der Waals surface area contributed by atoms with Gasteiger partial charge in [0.2, 0.25) is 5.91 Å². The first kappa shape index (κ1) is 13.0. The van der Waals surface area contributed by atoms with Crippen molar-refractivity contribution in [2.45, 2.75) is 25.2 Å². The molecule has 1 aliphatic carbocycles. The first-order chi connectivity index (χ1) is 8.68. The number of benzene rings is 1. The Bertz CT molecular complexity index is 433. The zero-order chi connectivity index (χ0) is 13.0. The number of rotatable bonds is 6. The van der Waals surface area contributed by atoms with Crippen molar-refractivity contribution in [1.29, 1.82) is 0 Å². The largest absolute Gasteiger partial charge is 0.393 e. The van der Waals surface area contributed by atoms with Crippen LogP contribution in [0.25, 0.3) is 0 Å². The van der Waals surface area contributed by atoms with Gasteiger partial charge >= 0.3 is 0 Å². The molecular weight excluding hydrogens is 244 g/mol.